The van der Waals surface area contributed by atoms with Gasteiger partial charge in [0.2, 0.25) is 11.7 Å². The largest absolute Gasteiger partial charge is 0.447 e. The van der Waals surface area contributed by atoms with Gasteiger partial charge in [0.1, 0.15) is 18.7 Å². The van der Waals surface area contributed by atoms with Crippen LogP contribution in [-0.2, 0) is 19.3 Å². The summed E-state index contributed by atoms with van der Waals surface area (Å²) in [6, 6.07) is -2.74. The molecule has 152 valence electrons. The van der Waals surface area contributed by atoms with Gasteiger partial charge >= 0.3 is 16.5 Å². The van der Waals surface area contributed by atoms with E-state index in [-0.39, 0.29) is 5.96 Å². The standard InChI is InChI=1S/C10H17N7O9S/c11-6-14-5-3(2-25-8(13)18)17(21)7(12)16-1-4(26-27(22,23)24)10(19,20)9(5,16)15-6/h3-5,12,19-21H,1-2H2,(H2,13,18)(H3,11,14,15)(H,22,23,24)/t3-,4-,5-,9-/m0/s1. The summed E-state index contributed by atoms with van der Waals surface area (Å²) in [6.07, 6.45) is -3.19. The fraction of sp³-hybridized carbons (Fsp3) is 0.700. The van der Waals surface area contributed by atoms with Crippen molar-refractivity contribution in [3.63, 3.8) is 0 Å². The Morgan fingerprint density at radius 3 is 2.67 bits per heavy atom. The fourth-order valence-electron chi connectivity index (χ4n) is 3.57. The molecule has 0 unspecified atom stereocenters. The van der Waals surface area contributed by atoms with Gasteiger partial charge < -0.3 is 36.6 Å². The number of carbonyl (C=O) groups is 1. The van der Waals surface area contributed by atoms with Crippen LogP contribution in [0.4, 0.5) is 4.79 Å². The van der Waals surface area contributed by atoms with Crippen molar-refractivity contribution in [1.29, 1.82) is 5.41 Å². The van der Waals surface area contributed by atoms with Gasteiger partial charge in [-0.2, -0.15) is 8.42 Å². The maximum Gasteiger partial charge on any atom is 0.404 e. The molecule has 16 nitrogen and oxygen atoms in total. The van der Waals surface area contributed by atoms with E-state index in [1.165, 1.54) is 0 Å². The molecule has 0 aromatic carbocycles. The molecule has 0 radical (unpaired) electrons. The van der Waals surface area contributed by atoms with Crippen molar-refractivity contribution in [3.8, 4) is 0 Å². The van der Waals surface area contributed by atoms with Crippen LogP contribution in [-0.4, -0.2) is 99.2 Å². The normalized spacial score (nSPS) is 34.6. The van der Waals surface area contributed by atoms with E-state index >= 15 is 0 Å². The summed E-state index contributed by atoms with van der Waals surface area (Å²) in [6.45, 7) is -1.29. The minimum atomic E-state index is -5.11. The topological polar surface area (TPSA) is 257 Å². The monoisotopic (exact) mass is 411 g/mol. The third-order valence-electron chi connectivity index (χ3n) is 4.59. The highest BCUT2D eigenvalue weighted by Gasteiger charge is 2.76. The smallest absolute Gasteiger partial charge is 0.404 e. The molecule has 10 N–H and O–H groups in total. The van der Waals surface area contributed by atoms with E-state index in [0.29, 0.717) is 5.06 Å². The molecule has 3 aliphatic heterocycles. The lowest BCUT2D eigenvalue weighted by molar-refractivity contribution is -0.265. The number of nitrogens with zero attached hydrogens (tertiary/aromatic N) is 3. The van der Waals surface area contributed by atoms with Crippen molar-refractivity contribution in [2.45, 2.75) is 29.6 Å². The highest BCUT2D eigenvalue weighted by atomic mass is 32.3. The van der Waals surface area contributed by atoms with Gasteiger partial charge in [-0.3, -0.25) is 15.2 Å². The first-order chi connectivity index (χ1) is 12.3. The van der Waals surface area contributed by atoms with Gasteiger partial charge in [0.15, 0.2) is 17.7 Å². The van der Waals surface area contributed by atoms with Crippen molar-refractivity contribution < 1.29 is 42.1 Å². The zero-order valence-electron chi connectivity index (χ0n) is 13.4. The summed E-state index contributed by atoms with van der Waals surface area (Å²) >= 11 is 0. The molecular weight excluding hydrogens is 394 g/mol. The first-order valence-corrected chi connectivity index (χ1v) is 8.66. The van der Waals surface area contributed by atoms with Crippen LogP contribution in [0, 0.1) is 5.41 Å². The number of carbonyl (C=O) groups excluding carboxylic acids is 1. The lowest BCUT2D eigenvalue weighted by Crippen LogP contribution is -2.80. The minimum Gasteiger partial charge on any atom is -0.447 e. The van der Waals surface area contributed by atoms with Crippen LogP contribution < -0.4 is 16.8 Å². The summed E-state index contributed by atoms with van der Waals surface area (Å²) in [5.41, 5.74) is 8.34. The van der Waals surface area contributed by atoms with Crippen LogP contribution in [0.1, 0.15) is 0 Å². The zero-order valence-corrected chi connectivity index (χ0v) is 14.2. The third-order valence-corrected chi connectivity index (χ3v) is 5.07. The van der Waals surface area contributed by atoms with E-state index in [0.717, 1.165) is 4.90 Å². The van der Waals surface area contributed by atoms with Gasteiger partial charge in [0, 0.05) is 0 Å². The molecular formula is C10H17N7O9S. The predicted octanol–water partition coefficient (Wildman–Crippen LogP) is -4.74. The van der Waals surface area contributed by atoms with E-state index < -0.39 is 65.2 Å². The van der Waals surface area contributed by atoms with Crippen LogP contribution in [0.3, 0.4) is 0 Å². The molecule has 4 atom stereocenters. The van der Waals surface area contributed by atoms with Crippen LogP contribution in [0.25, 0.3) is 0 Å². The summed E-state index contributed by atoms with van der Waals surface area (Å²) in [7, 11) is -5.11. The van der Waals surface area contributed by atoms with Crippen molar-refractivity contribution in [1.82, 2.24) is 15.3 Å². The second kappa shape index (κ2) is 5.78. The molecule has 3 aliphatic rings. The first-order valence-electron chi connectivity index (χ1n) is 7.29. The number of nitrogens with two attached hydrogens (primary N) is 2. The molecule has 0 bridgehead atoms. The summed E-state index contributed by atoms with van der Waals surface area (Å²) in [4.78, 5) is 15.7. The Hall–Kier alpha value is -2.44. The Kier molecular flexibility index (Phi) is 4.13. The highest BCUT2D eigenvalue weighted by molar-refractivity contribution is 7.80. The van der Waals surface area contributed by atoms with E-state index in [1.807, 2.05) is 0 Å². The SMILES string of the molecule is N=C1N(O)[C@@H](COC(N)=O)[C@@H]2N=C(N)N[C@]23N1C[C@H](OS(=O)(=O)O)C3(O)O. The van der Waals surface area contributed by atoms with Crippen LogP contribution in [0.15, 0.2) is 4.99 Å². The van der Waals surface area contributed by atoms with Crippen LogP contribution >= 0.6 is 0 Å². The maximum absolute atomic E-state index is 11.1. The van der Waals surface area contributed by atoms with E-state index in [1.54, 1.807) is 0 Å². The van der Waals surface area contributed by atoms with E-state index in [4.69, 9.17) is 21.4 Å². The number of hydrogen-bond donors (Lipinski definition) is 8. The number of hydroxylamine groups is 2. The Balaban J connectivity index is 2.07. The van der Waals surface area contributed by atoms with Gasteiger partial charge in [-0.25, -0.2) is 19.0 Å². The molecule has 3 heterocycles. The van der Waals surface area contributed by atoms with Gasteiger partial charge in [0.05, 0.1) is 6.54 Å². The van der Waals surface area contributed by atoms with Crippen molar-refractivity contribution in [2.24, 2.45) is 16.5 Å². The maximum atomic E-state index is 11.1. The highest BCUT2D eigenvalue weighted by Crippen LogP contribution is 2.47. The van der Waals surface area contributed by atoms with Gasteiger partial charge in [-0.15, -0.1) is 0 Å². The third kappa shape index (κ3) is 2.71. The number of aliphatic hydroxyl groups is 2. The fourth-order valence-corrected chi connectivity index (χ4v) is 4.06. The zero-order chi connectivity index (χ0) is 20.4. The number of amides is 1. The Bertz CT molecular complexity index is 816. The number of aliphatic imine (C=N–C) groups is 1. The molecule has 0 aromatic heterocycles. The lowest BCUT2D eigenvalue weighted by Gasteiger charge is -2.52. The average Bonchev–Trinajstić information content (AvgIpc) is 2.96. The van der Waals surface area contributed by atoms with E-state index in [9.17, 15) is 28.6 Å². The molecule has 0 aromatic rings. The van der Waals surface area contributed by atoms with Crippen molar-refractivity contribution >= 4 is 28.4 Å². The summed E-state index contributed by atoms with van der Waals surface area (Å²) in [5.74, 6) is -4.16. The molecule has 17 heteroatoms. The molecule has 2 saturated heterocycles. The van der Waals surface area contributed by atoms with Crippen molar-refractivity contribution in [3.05, 3.63) is 0 Å². The second-order valence-corrected chi connectivity index (χ2v) is 7.11. The minimum absolute atomic E-state index is 0.321. The molecule has 1 spiro atoms. The molecule has 0 saturated carbocycles. The molecule has 27 heavy (non-hydrogen) atoms. The van der Waals surface area contributed by atoms with Crippen LogP contribution in [0.5, 0.6) is 0 Å². The number of rotatable bonds is 4. The summed E-state index contributed by atoms with van der Waals surface area (Å²) < 4.78 is 39.9. The Morgan fingerprint density at radius 1 is 1.48 bits per heavy atom. The van der Waals surface area contributed by atoms with Crippen LogP contribution in [0.2, 0.25) is 0 Å². The van der Waals surface area contributed by atoms with Gasteiger partial charge in [-0.1, -0.05) is 0 Å². The average molecular weight is 411 g/mol. The second-order valence-electron chi connectivity index (χ2n) is 6.07. The number of guanidine groups is 2. The quantitative estimate of drug-likeness (QED) is 0.160. The lowest BCUT2D eigenvalue weighted by atomic mass is 9.85. The predicted molar refractivity (Wildman–Crippen MR) is 82.2 cm³/mol. The number of ether oxygens (including phenoxy) is 1. The van der Waals surface area contributed by atoms with Gasteiger partial charge in [-0.05, 0) is 0 Å². The number of nitrogens with one attached hydrogen (secondary N) is 2. The molecule has 2 fully saturated rings. The Labute approximate surface area is 151 Å². The number of hydrogen-bond acceptors (Lipinski definition) is 12. The Morgan fingerprint density at radius 2 is 2.11 bits per heavy atom. The molecule has 1 amide bonds. The first kappa shape index (κ1) is 19.3. The summed E-state index contributed by atoms with van der Waals surface area (Å²) in [5, 5.41) is 42.4. The van der Waals surface area contributed by atoms with E-state index in [2.05, 4.69) is 19.2 Å². The van der Waals surface area contributed by atoms with Gasteiger partial charge in [0.25, 0.3) is 0 Å². The molecule has 3 rings (SSSR count). The van der Waals surface area contributed by atoms with Crippen molar-refractivity contribution in [2.75, 3.05) is 13.2 Å². The number of primary amides is 1. The molecule has 0 aliphatic carbocycles.